The monoisotopic (exact) mass is 711 g/mol. The molecule has 0 bridgehead atoms. The van der Waals surface area contributed by atoms with Crippen LogP contribution in [0.1, 0.15) is 88.1 Å². The molecule has 55 heavy (non-hydrogen) atoms. The van der Waals surface area contributed by atoms with Crippen LogP contribution in [-0.2, 0) is 16.2 Å². The summed E-state index contributed by atoms with van der Waals surface area (Å²) >= 11 is 0. The Hall–Kier alpha value is -5.66. The van der Waals surface area contributed by atoms with Gasteiger partial charge in [-0.2, -0.15) is 0 Å². The second kappa shape index (κ2) is 12.4. The minimum absolute atomic E-state index is 0.0863. The standard InChI is InChI=1S/C54H49N/c1-52(2,3)38-28-26-36(27-29-38)41-18-8-11-25-50(41)55(40-30-31-45-43-19-7-10-24-48(43)54(49(45)35-40)32-12-13-33-54)39-17-14-16-37(34-39)42-21-15-22-46-44-20-6-9-23-47(44)53(4,5)51(42)46/h6-11,14-31,34-35H,12-13,32-33H2,1-5H3. The Morgan fingerprint density at radius 1 is 0.455 bits per heavy atom. The molecule has 0 radical (unpaired) electrons. The predicted octanol–water partition coefficient (Wildman–Crippen LogP) is 14.9. The molecule has 1 saturated carbocycles. The molecule has 3 aliphatic rings. The minimum Gasteiger partial charge on any atom is -0.310 e. The van der Waals surface area contributed by atoms with Crippen LogP contribution in [0, 0.1) is 0 Å². The lowest BCUT2D eigenvalue weighted by Gasteiger charge is -2.31. The molecule has 7 aromatic carbocycles. The van der Waals surface area contributed by atoms with Crippen LogP contribution in [-0.4, -0.2) is 0 Å². The maximum atomic E-state index is 2.55. The summed E-state index contributed by atoms with van der Waals surface area (Å²) in [5.41, 5.74) is 21.4. The van der Waals surface area contributed by atoms with E-state index in [1.165, 1.54) is 109 Å². The molecule has 0 N–H and O–H groups in total. The molecular weight excluding hydrogens is 663 g/mol. The zero-order valence-corrected chi connectivity index (χ0v) is 32.8. The van der Waals surface area contributed by atoms with Crippen molar-refractivity contribution in [2.24, 2.45) is 0 Å². The molecule has 0 aliphatic heterocycles. The van der Waals surface area contributed by atoms with Crippen LogP contribution >= 0.6 is 0 Å². The van der Waals surface area contributed by atoms with E-state index in [1.54, 1.807) is 0 Å². The molecule has 1 fully saturated rings. The number of hydrogen-bond donors (Lipinski definition) is 0. The quantitative estimate of drug-likeness (QED) is 0.172. The minimum atomic E-state index is -0.103. The highest BCUT2D eigenvalue weighted by Gasteiger charge is 2.45. The third-order valence-electron chi connectivity index (χ3n) is 13.2. The van der Waals surface area contributed by atoms with Crippen LogP contribution in [0.5, 0.6) is 0 Å². The number of anilines is 3. The average molecular weight is 712 g/mol. The van der Waals surface area contributed by atoms with Crippen molar-refractivity contribution in [1.82, 2.24) is 0 Å². The SMILES string of the molecule is CC(C)(C)c1ccc(-c2ccccc2N(c2cccc(-c3cccc4c3C(C)(C)c3ccccc3-4)c2)c2ccc3c(c2)C2(CCCC2)c2ccccc2-3)cc1. The first-order valence-corrected chi connectivity index (χ1v) is 20.2. The highest BCUT2D eigenvalue weighted by molar-refractivity contribution is 5.93. The first-order valence-electron chi connectivity index (χ1n) is 20.2. The van der Waals surface area contributed by atoms with Crippen molar-refractivity contribution in [1.29, 1.82) is 0 Å². The summed E-state index contributed by atoms with van der Waals surface area (Å²) in [6.45, 7) is 11.6. The number of para-hydroxylation sites is 1. The van der Waals surface area contributed by atoms with Gasteiger partial charge in [0.1, 0.15) is 0 Å². The lowest BCUT2D eigenvalue weighted by atomic mass is 9.76. The van der Waals surface area contributed by atoms with Gasteiger partial charge in [-0.05, 0) is 115 Å². The van der Waals surface area contributed by atoms with Gasteiger partial charge in [0, 0.05) is 27.8 Å². The molecular formula is C54H49N. The number of fused-ring (bicyclic) bond motifs is 8. The molecule has 270 valence electrons. The van der Waals surface area contributed by atoms with Gasteiger partial charge in [-0.25, -0.2) is 0 Å². The second-order valence-electron chi connectivity index (χ2n) is 17.7. The maximum Gasteiger partial charge on any atom is 0.0540 e. The van der Waals surface area contributed by atoms with Crippen LogP contribution in [0.15, 0.2) is 158 Å². The van der Waals surface area contributed by atoms with Gasteiger partial charge in [0.15, 0.2) is 0 Å². The summed E-state index contributed by atoms with van der Waals surface area (Å²) in [6, 6.07) is 59.9. The van der Waals surface area contributed by atoms with Crippen LogP contribution in [0.4, 0.5) is 17.1 Å². The molecule has 0 amide bonds. The van der Waals surface area contributed by atoms with Crippen molar-refractivity contribution in [3.8, 4) is 44.5 Å². The molecule has 1 nitrogen and oxygen atoms in total. The van der Waals surface area contributed by atoms with Gasteiger partial charge < -0.3 is 4.90 Å². The fourth-order valence-corrected chi connectivity index (χ4v) is 10.5. The number of rotatable bonds is 5. The van der Waals surface area contributed by atoms with Crippen molar-refractivity contribution in [2.45, 2.75) is 76.5 Å². The van der Waals surface area contributed by atoms with E-state index in [-0.39, 0.29) is 16.2 Å². The smallest absolute Gasteiger partial charge is 0.0540 e. The molecule has 7 aromatic rings. The Bertz CT molecular complexity index is 2610. The van der Waals surface area contributed by atoms with Crippen molar-refractivity contribution >= 4 is 17.1 Å². The fraction of sp³-hybridized carbons (Fsp3) is 0.222. The van der Waals surface area contributed by atoms with Crippen LogP contribution in [0.25, 0.3) is 44.5 Å². The molecule has 0 heterocycles. The second-order valence-corrected chi connectivity index (χ2v) is 17.7. The Balaban J connectivity index is 1.17. The molecule has 3 aliphatic carbocycles. The fourth-order valence-electron chi connectivity index (χ4n) is 10.5. The summed E-state index contributed by atoms with van der Waals surface area (Å²) in [4.78, 5) is 2.53. The molecule has 0 atom stereocenters. The highest BCUT2D eigenvalue weighted by Crippen LogP contribution is 2.58. The Morgan fingerprint density at radius 2 is 1.04 bits per heavy atom. The molecule has 10 rings (SSSR count). The molecule has 0 unspecified atom stereocenters. The van der Waals surface area contributed by atoms with Gasteiger partial charge in [-0.15, -0.1) is 0 Å². The third-order valence-corrected chi connectivity index (χ3v) is 13.2. The molecule has 1 heteroatoms. The largest absolute Gasteiger partial charge is 0.310 e. The van der Waals surface area contributed by atoms with Crippen molar-refractivity contribution < 1.29 is 0 Å². The summed E-state index contributed by atoms with van der Waals surface area (Å²) in [5, 5.41) is 0. The summed E-state index contributed by atoms with van der Waals surface area (Å²) in [5.74, 6) is 0. The lowest BCUT2D eigenvalue weighted by Crippen LogP contribution is -2.21. The van der Waals surface area contributed by atoms with E-state index in [2.05, 4.69) is 197 Å². The predicted molar refractivity (Wildman–Crippen MR) is 233 cm³/mol. The Kier molecular flexibility index (Phi) is 7.66. The van der Waals surface area contributed by atoms with Gasteiger partial charge in [0.05, 0.1) is 5.69 Å². The van der Waals surface area contributed by atoms with Crippen LogP contribution < -0.4 is 4.90 Å². The number of hydrogen-bond acceptors (Lipinski definition) is 1. The topological polar surface area (TPSA) is 3.24 Å². The Labute approximate surface area is 327 Å². The van der Waals surface area contributed by atoms with E-state index >= 15 is 0 Å². The maximum absolute atomic E-state index is 2.55. The van der Waals surface area contributed by atoms with Crippen molar-refractivity contribution in [3.63, 3.8) is 0 Å². The van der Waals surface area contributed by atoms with Crippen molar-refractivity contribution in [3.05, 3.63) is 186 Å². The van der Waals surface area contributed by atoms with Gasteiger partial charge >= 0.3 is 0 Å². The third kappa shape index (κ3) is 5.20. The first kappa shape index (κ1) is 33.9. The number of benzene rings is 7. The van der Waals surface area contributed by atoms with E-state index < -0.39 is 0 Å². The highest BCUT2D eigenvalue weighted by atomic mass is 15.1. The van der Waals surface area contributed by atoms with Gasteiger partial charge in [-0.3, -0.25) is 0 Å². The lowest BCUT2D eigenvalue weighted by molar-refractivity contribution is 0.550. The zero-order valence-electron chi connectivity index (χ0n) is 32.8. The Morgan fingerprint density at radius 3 is 1.78 bits per heavy atom. The van der Waals surface area contributed by atoms with E-state index in [4.69, 9.17) is 0 Å². The molecule has 0 aromatic heterocycles. The van der Waals surface area contributed by atoms with E-state index in [0.29, 0.717) is 0 Å². The summed E-state index contributed by atoms with van der Waals surface area (Å²) in [6.07, 6.45) is 4.98. The number of nitrogens with zero attached hydrogens (tertiary/aromatic N) is 1. The van der Waals surface area contributed by atoms with Gasteiger partial charge in [0.2, 0.25) is 0 Å². The van der Waals surface area contributed by atoms with Gasteiger partial charge in [0.25, 0.3) is 0 Å². The van der Waals surface area contributed by atoms with Crippen LogP contribution in [0.3, 0.4) is 0 Å². The van der Waals surface area contributed by atoms with Crippen LogP contribution in [0.2, 0.25) is 0 Å². The van der Waals surface area contributed by atoms with E-state index in [0.717, 1.165) is 5.69 Å². The molecule has 1 spiro atoms. The summed E-state index contributed by atoms with van der Waals surface area (Å²) < 4.78 is 0. The zero-order chi connectivity index (χ0) is 37.5. The van der Waals surface area contributed by atoms with E-state index in [9.17, 15) is 0 Å². The van der Waals surface area contributed by atoms with Gasteiger partial charge in [-0.1, -0.05) is 175 Å². The van der Waals surface area contributed by atoms with E-state index in [1.807, 2.05) is 0 Å². The normalized spacial score (nSPS) is 15.7. The van der Waals surface area contributed by atoms with Crippen molar-refractivity contribution in [2.75, 3.05) is 4.90 Å². The average Bonchev–Trinajstić information content (AvgIpc) is 3.88. The first-order chi connectivity index (χ1) is 26.6. The summed E-state index contributed by atoms with van der Waals surface area (Å²) in [7, 11) is 0. The molecule has 0 saturated heterocycles.